The molecule has 0 radical (unpaired) electrons. The fourth-order valence-corrected chi connectivity index (χ4v) is 1.88. The zero-order valence-electron chi connectivity index (χ0n) is 8.60. The number of rotatable bonds is 2. The van der Waals surface area contributed by atoms with Crippen molar-refractivity contribution in [3.05, 3.63) is 28.7 Å². The van der Waals surface area contributed by atoms with E-state index in [0.717, 1.165) is 5.56 Å². The first-order valence-electron chi connectivity index (χ1n) is 4.59. The van der Waals surface area contributed by atoms with Gasteiger partial charge in [0, 0.05) is 18.0 Å². The molecule has 6 heteroatoms. The van der Waals surface area contributed by atoms with Gasteiger partial charge in [0.05, 0.1) is 11.9 Å². The summed E-state index contributed by atoms with van der Waals surface area (Å²) in [7, 11) is 1.53. The van der Waals surface area contributed by atoms with E-state index in [9.17, 15) is 4.79 Å². The van der Waals surface area contributed by atoms with E-state index in [2.05, 4.69) is 15.3 Å². The average Bonchev–Trinajstić information content (AvgIpc) is 2.82. The Hall–Kier alpha value is -1.95. The van der Waals surface area contributed by atoms with Crippen LogP contribution in [0, 0.1) is 0 Å². The molecule has 82 valence electrons. The highest BCUT2D eigenvalue weighted by atomic mass is 32.1. The summed E-state index contributed by atoms with van der Waals surface area (Å²) >= 11 is 1.56. The van der Waals surface area contributed by atoms with Crippen LogP contribution in [-0.4, -0.2) is 22.9 Å². The second-order valence-corrected chi connectivity index (χ2v) is 3.86. The molecule has 0 bridgehead atoms. The summed E-state index contributed by atoms with van der Waals surface area (Å²) in [6.45, 7) is 0. The third kappa shape index (κ3) is 1.87. The van der Waals surface area contributed by atoms with E-state index in [1.807, 2.05) is 16.8 Å². The van der Waals surface area contributed by atoms with Gasteiger partial charge in [-0.3, -0.25) is 4.79 Å². The second kappa shape index (κ2) is 4.28. The summed E-state index contributed by atoms with van der Waals surface area (Å²) in [6.07, 6.45) is 1.56. The molecule has 0 aliphatic carbocycles. The van der Waals surface area contributed by atoms with Crippen molar-refractivity contribution in [3.63, 3.8) is 0 Å². The van der Waals surface area contributed by atoms with Crippen LogP contribution in [0.25, 0.3) is 11.3 Å². The average molecular weight is 234 g/mol. The zero-order chi connectivity index (χ0) is 11.5. The minimum Gasteiger partial charge on any atom is -0.382 e. The quantitative estimate of drug-likeness (QED) is 0.816. The number of nitrogen functional groups attached to an aromatic ring is 1. The first-order valence-corrected chi connectivity index (χ1v) is 5.54. The summed E-state index contributed by atoms with van der Waals surface area (Å²) in [4.78, 5) is 19.6. The molecule has 1 amide bonds. The van der Waals surface area contributed by atoms with Gasteiger partial charge in [0.1, 0.15) is 0 Å². The van der Waals surface area contributed by atoms with Crippen molar-refractivity contribution in [1.82, 2.24) is 15.3 Å². The van der Waals surface area contributed by atoms with E-state index in [-0.39, 0.29) is 17.4 Å². The van der Waals surface area contributed by atoms with Crippen LogP contribution < -0.4 is 11.1 Å². The molecule has 16 heavy (non-hydrogen) atoms. The molecule has 0 saturated carbocycles. The van der Waals surface area contributed by atoms with Crippen molar-refractivity contribution in [1.29, 1.82) is 0 Å². The number of nitrogens with two attached hydrogens (primary N) is 1. The molecule has 2 aromatic heterocycles. The van der Waals surface area contributed by atoms with Crippen LogP contribution in [0.2, 0.25) is 0 Å². The van der Waals surface area contributed by atoms with Gasteiger partial charge in [0.25, 0.3) is 5.91 Å². The van der Waals surface area contributed by atoms with E-state index in [0.29, 0.717) is 5.69 Å². The van der Waals surface area contributed by atoms with E-state index >= 15 is 0 Å². The monoisotopic (exact) mass is 234 g/mol. The molecule has 3 N–H and O–H groups in total. The Bertz CT molecular complexity index is 510. The van der Waals surface area contributed by atoms with Crippen LogP contribution in [0.4, 0.5) is 5.82 Å². The number of carbonyl (C=O) groups is 1. The molecule has 2 aromatic rings. The highest BCUT2D eigenvalue weighted by Gasteiger charge is 2.12. The van der Waals surface area contributed by atoms with Gasteiger partial charge in [-0.05, 0) is 11.4 Å². The number of nitrogens with zero attached hydrogens (tertiary/aromatic N) is 2. The predicted octanol–water partition coefficient (Wildman–Crippen LogP) is 1.15. The van der Waals surface area contributed by atoms with Gasteiger partial charge in [-0.1, -0.05) is 0 Å². The van der Waals surface area contributed by atoms with Crippen molar-refractivity contribution in [2.24, 2.45) is 0 Å². The molecular formula is C10H10N4OS. The third-order valence-electron chi connectivity index (χ3n) is 2.06. The Morgan fingerprint density at radius 2 is 2.38 bits per heavy atom. The van der Waals surface area contributed by atoms with E-state index in [1.54, 1.807) is 17.5 Å². The van der Waals surface area contributed by atoms with Gasteiger partial charge < -0.3 is 11.1 Å². The van der Waals surface area contributed by atoms with Gasteiger partial charge >= 0.3 is 0 Å². The smallest absolute Gasteiger partial charge is 0.273 e. The van der Waals surface area contributed by atoms with Crippen molar-refractivity contribution in [2.45, 2.75) is 0 Å². The number of anilines is 1. The van der Waals surface area contributed by atoms with E-state index in [4.69, 9.17) is 5.73 Å². The van der Waals surface area contributed by atoms with Crippen LogP contribution >= 0.6 is 11.3 Å². The lowest BCUT2D eigenvalue weighted by molar-refractivity contribution is 0.0959. The maximum absolute atomic E-state index is 11.5. The maximum Gasteiger partial charge on any atom is 0.273 e. The van der Waals surface area contributed by atoms with Crippen LogP contribution in [0.3, 0.4) is 0 Å². The predicted molar refractivity (Wildman–Crippen MR) is 63.1 cm³/mol. The molecule has 2 heterocycles. The summed E-state index contributed by atoms with van der Waals surface area (Å²) < 4.78 is 0. The fourth-order valence-electron chi connectivity index (χ4n) is 1.23. The van der Waals surface area contributed by atoms with Gasteiger partial charge in [0.2, 0.25) is 0 Å². The molecule has 0 spiro atoms. The molecule has 0 aliphatic heterocycles. The number of carbonyl (C=O) groups excluding carboxylic acids is 1. The van der Waals surface area contributed by atoms with Crippen LogP contribution in [-0.2, 0) is 0 Å². The zero-order valence-corrected chi connectivity index (χ0v) is 9.41. The molecule has 2 rings (SSSR count). The molecule has 0 atom stereocenters. The Morgan fingerprint density at radius 1 is 1.56 bits per heavy atom. The van der Waals surface area contributed by atoms with Gasteiger partial charge in [0.15, 0.2) is 11.5 Å². The Morgan fingerprint density at radius 3 is 3.00 bits per heavy atom. The minimum absolute atomic E-state index is 0.137. The summed E-state index contributed by atoms with van der Waals surface area (Å²) in [5.41, 5.74) is 7.33. The number of nitrogens with one attached hydrogen (secondary N) is 1. The van der Waals surface area contributed by atoms with E-state index in [1.165, 1.54) is 7.05 Å². The number of hydrogen-bond donors (Lipinski definition) is 2. The SMILES string of the molecule is CNC(=O)c1nc(-c2ccsc2)cnc1N. The van der Waals surface area contributed by atoms with Gasteiger partial charge in [-0.2, -0.15) is 11.3 Å². The van der Waals surface area contributed by atoms with Gasteiger partial charge in [-0.25, -0.2) is 9.97 Å². The molecule has 0 aromatic carbocycles. The summed E-state index contributed by atoms with van der Waals surface area (Å²) in [5, 5.41) is 6.35. The van der Waals surface area contributed by atoms with Crippen molar-refractivity contribution < 1.29 is 4.79 Å². The van der Waals surface area contributed by atoms with Crippen LogP contribution in [0.5, 0.6) is 0 Å². The Kier molecular flexibility index (Phi) is 2.82. The second-order valence-electron chi connectivity index (χ2n) is 3.08. The highest BCUT2D eigenvalue weighted by Crippen LogP contribution is 2.20. The minimum atomic E-state index is -0.331. The lowest BCUT2D eigenvalue weighted by Gasteiger charge is -2.04. The van der Waals surface area contributed by atoms with Crippen molar-refractivity contribution >= 4 is 23.1 Å². The normalized spacial score (nSPS) is 10.1. The van der Waals surface area contributed by atoms with Crippen LogP contribution in [0.1, 0.15) is 10.5 Å². The summed E-state index contributed by atoms with van der Waals surface area (Å²) in [6, 6.07) is 1.92. The number of thiophene rings is 1. The Balaban J connectivity index is 2.47. The van der Waals surface area contributed by atoms with Crippen LogP contribution in [0.15, 0.2) is 23.0 Å². The molecule has 0 aliphatic rings. The molecule has 0 saturated heterocycles. The van der Waals surface area contributed by atoms with Gasteiger partial charge in [-0.15, -0.1) is 0 Å². The summed E-state index contributed by atoms with van der Waals surface area (Å²) in [5.74, 6) is -0.194. The first kappa shape index (κ1) is 10.6. The lowest BCUT2D eigenvalue weighted by Crippen LogP contribution is -2.21. The number of aromatic nitrogens is 2. The molecule has 0 fully saturated rings. The molecule has 5 nitrogen and oxygen atoms in total. The van der Waals surface area contributed by atoms with E-state index < -0.39 is 0 Å². The lowest BCUT2D eigenvalue weighted by atomic mass is 10.2. The van der Waals surface area contributed by atoms with Crippen molar-refractivity contribution in [2.75, 3.05) is 12.8 Å². The first-order chi connectivity index (χ1) is 7.72. The Labute approximate surface area is 96.3 Å². The van der Waals surface area contributed by atoms with Crippen molar-refractivity contribution in [3.8, 4) is 11.3 Å². The molecular weight excluding hydrogens is 224 g/mol. The standard InChI is InChI=1S/C10H10N4OS/c1-12-10(15)8-9(11)13-4-7(14-8)6-2-3-16-5-6/h2-5H,1H3,(H2,11,13)(H,12,15). The highest BCUT2D eigenvalue weighted by molar-refractivity contribution is 7.08. The third-order valence-corrected chi connectivity index (χ3v) is 2.74. The molecule has 0 unspecified atom stereocenters. The number of hydrogen-bond acceptors (Lipinski definition) is 5. The topological polar surface area (TPSA) is 80.9 Å². The largest absolute Gasteiger partial charge is 0.382 e. The number of amides is 1. The maximum atomic E-state index is 11.5. The fraction of sp³-hybridized carbons (Fsp3) is 0.100.